The minimum absolute atomic E-state index is 0.0195. The largest absolute Gasteiger partial charge is 0.465 e. The summed E-state index contributed by atoms with van der Waals surface area (Å²) >= 11 is 5.33. The SMILES string of the molecule is CC/C=C/C(=O)N1C(=S)O[C@@H]2[C@H]3CC[C@@](C)([C@@H]21)C3(C)C. The lowest BCUT2D eigenvalue weighted by molar-refractivity contribution is -0.125. The van der Waals surface area contributed by atoms with Crippen LogP contribution in [0.4, 0.5) is 0 Å². The van der Waals surface area contributed by atoms with E-state index in [1.54, 1.807) is 11.0 Å². The van der Waals surface area contributed by atoms with Gasteiger partial charge in [-0.05, 0) is 48.4 Å². The van der Waals surface area contributed by atoms with E-state index < -0.39 is 0 Å². The average Bonchev–Trinajstić information content (AvgIpc) is 2.88. The summed E-state index contributed by atoms with van der Waals surface area (Å²) < 4.78 is 5.94. The second-order valence-electron chi connectivity index (χ2n) is 7.10. The maximum atomic E-state index is 12.5. The van der Waals surface area contributed by atoms with Crippen LogP contribution >= 0.6 is 12.2 Å². The molecule has 0 spiro atoms. The van der Waals surface area contributed by atoms with E-state index in [0.29, 0.717) is 11.1 Å². The second-order valence-corrected chi connectivity index (χ2v) is 7.45. The van der Waals surface area contributed by atoms with Gasteiger partial charge in [0.2, 0.25) is 0 Å². The zero-order valence-corrected chi connectivity index (χ0v) is 13.5. The summed E-state index contributed by atoms with van der Waals surface area (Å²) in [6.45, 7) is 8.96. The predicted molar refractivity (Wildman–Crippen MR) is 82.1 cm³/mol. The summed E-state index contributed by atoms with van der Waals surface area (Å²) in [5.74, 6) is 0.484. The molecule has 3 nitrogen and oxygen atoms in total. The van der Waals surface area contributed by atoms with E-state index in [9.17, 15) is 4.79 Å². The highest BCUT2D eigenvalue weighted by molar-refractivity contribution is 7.80. The molecule has 110 valence electrons. The first-order valence-electron chi connectivity index (χ1n) is 7.55. The third kappa shape index (κ3) is 1.51. The lowest BCUT2D eigenvalue weighted by Crippen LogP contribution is -2.49. The minimum atomic E-state index is -0.0195. The van der Waals surface area contributed by atoms with Crippen molar-refractivity contribution in [3.05, 3.63) is 12.2 Å². The molecule has 3 aliphatic rings. The summed E-state index contributed by atoms with van der Waals surface area (Å²) in [5.41, 5.74) is 0.296. The van der Waals surface area contributed by atoms with Crippen LogP contribution in [0.3, 0.4) is 0 Å². The summed E-state index contributed by atoms with van der Waals surface area (Å²) in [6.07, 6.45) is 6.81. The Morgan fingerprint density at radius 3 is 2.85 bits per heavy atom. The van der Waals surface area contributed by atoms with E-state index in [1.807, 2.05) is 13.0 Å². The number of ether oxygens (including phenoxy) is 1. The molecule has 0 N–H and O–H groups in total. The molecule has 1 saturated heterocycles. The average molecular weight is 293 g/mol. The number of thiocarbonyl (C=S) groups is 1. The van der Waals surface area contributed by atoms with Crippen LogP contribution in [0, 0.1) is 16.7 Å². The van der Waals surface area contributed by atoms with Crippen LogP contribution in [0.15, 0.2) is 12.2 Å². The number of fused-ring (bicyclic) bond motifs is 5. The first-order valence-corrected chi connectivity index (χ1v) is 7.95. The quantitative estimate of drug-likeness (QED) is 0.578. The number of nitrogens with zero attached hydrogens (tertiary/aromatic N) is 1. The third-order valence-corrected chi connectivity index (χ3v) is 6.47. The zero-order chi connectivity index (χ0) is 14.7. The Morgan fingerprint density at radius 2 is 2.20 bits per heavy atom. The van der Waals surface area contributed by atoms with Crippen molar-refractivity contribution in [1.29, 1.82) is 0 Å². The van der Waals surface area contributed by atoms with Crippen molar-refractivity contribution < 1.29 is 9.53 Å². The van der Waals surface area contributed by atoms with Crippen molar-refractivity contribution in [2.45, 2.75) is 59.1 Å². The Bertz CT molecular complexity index is 499. The topological polar surface area (TPSA) is 29.5 Å². The summed E-state index contributed by atoms with van der Waals surface area (Å²) in [5, 5.41) is 0.374. The molecule has 0 aromatic heterocycles. The van der Waals surface area contributed by atoms with Gasteiger partial charge < -0.3 is 4.74 Å². The number of amides is 1. The van der Waals surface area contributed by atoms with Crippen LogP contribution in [0.5, 0.6) is 0 Å². The van der Waals surface area contributed by atoms with Crippen molar-refractivity contribution >= 4 is 23.3 Å². The summed E-state index contributed by atoms with van der Waals surface area (Å²) in [7, 11) is 0. The maximum Gasteiger partial charge on any atom is 0.267 e. The Labute approximate surface area is 126 Å². The fraction of sp³-hybridized carbons (Fsp3) is 0.750. The first kappa shape index (κ1) is 14.1. The number of hydrogen-bond donors (Lipinski definition) is 0. The highest BCUT2D eigenvalue weighted by atomic mass is 32.1. The zero-order valence-electron chi connectivity index (χ0n) is 12.7. The molecule has 2 aliphatic carbocycles. The van der Waals surface area contributed by atoms with Gasteiger partial charge in [0.15, 0.2) is 0 Å². The molecule has 1 aliphatic heterocycles. The molecule has 3 fully saturated rings. The van der Waals surface area contributed by atoms with Gasteiger partial charge in [0.05, 0.1) is 6.04 Å². The van der Waals surface area contributed by atoms with Gasteiger partial charge in [0.25, 0.3) is 11.1 Å². The molecule has 2 bridgehead atoms. The number of allylic oxidation sites excluding steroid dienone is 1. The number of rotatable bonds is 2. The molecule has 3 rings (SSSR count). The van der Waals surface area contributed by atoms with Gasteiger partial charge in [-0.25, -0.2) is 0 Å². The fourth-order valence-electron chi connectivity index (χ4n) is 4.64. The monoisotopic (exact) mass is 293 g/mol. The molecule has 1 heterocycles. The van der Waals surface area contributed by atoms with Crippen LogP contribution < -0.4 is 0 Å². The predicted octanol–water partition coefficient (Wildman–Crippen LogP) is 3.29. The van der Waals surface area contributed by atoms with Crippen LogP contribution in [-0.2, 0) is 9.53 Å². The van der Waals surface area contributed by atoms with Crippen molar-refractivity contribution in [2.24, 2.45) is 16.7 Å². The van der Waals surface area contributed by atoms with Gasteiger partial charge >= 0.3 is 0 Å². The van der Waals surface area contributed by atoms with Gasteiger partial charge in [-0.1, -0.05) is 33.8 Å². The van der Waals surface area contributed by atoms with Crippen molar-refractivity contribution in [1.82, 2.24) is 4.90 Å². The lowest BCUT2D eigenvalue weighted by atomic mass is 9.69. The Hall–Kier alpha value is -0.900. The molecule has 0 aromatic rings. The molecule has 2 saturated carbocycles. The molecule has 1 amide bonds. The van der Waals surface area contributed by atoms with E-state index in [0.717, 1.165) is 12.8 Å². The highest BCUT2D eigenvalue weighted by Gasteiger charge is 2.72. The van der Waals surface area contributed by atoms with Gasteiger partial charge in [-0.15, -0.1) is 0 Å². The highest BCUT2D eigenvalue weighted by Crippen LogP contribution is 2.68. The Balaban J connectivity index is 1.97. The fourth-order valence-corrected chi connectivity index (χ4v) is 4.95. The molecular weight excluding hydrogens is 270 g/mol. The minimum Gasteiger partial charge on any atom is -0.465 e. The molecule has 0 radical (unpaired) electrons. The van der Waals surface area contributed by atoms with E-state index in [2.05, 4.69) is 20.8 Å². The van der Waals surface area contributed by atoms with Crippen molar-refractivity contribution in [3.8, 4) is 0 Å². The summed E-state index contributed by atoms with van der Waals surface area (Å²) in [6, 6.07) is 0.109. The number of hydrogen-bond acceptors (Lipinski definition) is 3. The van der Waals surface area contributed by atoms with Crippen LogP contribution in [0.1, 0.15) is 47.0 Å². The van der Waals surface area contributed by atoms with Gasteiger partial charge in [-0.3, -0.25) is 9.69 Å². The third-order valence-electron chi connectivity index (χ3n) is 6.18. The first-order chi connectivity index (χ1) is 9.34. The van der Waals surface area contributed by atoms with Crippen molar-refractivity contribution in [3.63, 3.8) is 0 Å². The van der Waals surface area contributed by atoms with E-state index in [4.69, 9.17) is 17.0 Å². The lowest BCUT2D eigenvalue weighted by Gasteiger charge is -2.40. The molecule has 4 heteroatoms. The standard InChI is InChI=1S/C16H23NO2S/c1-5-6-7-11(18)17-13-12(19-14(17)20)10-8-9-16(13,4)15(10,2)3/h6-7,10,12-13H,5,8-9H2,1-4H3/b7-6+/t10-,12-,13-,16+/m1/s1. The van der Waals surface area contributed by atoms with E-state index >= 15 is 0 Å². The Morgan fingerprint density at radius 1 is 1.50 bits per heavy atom. The molecule has 0 unspecified atom stereocenters. The van der Waals surface area contributed by atoms with E-state index in [-0.39, 0.29) is 28.9 Å². The van der Waals surface area contributed by atoms with Gasteiger partial charge in [0.1, 0.15) is 6.10 Å². The Kier molecular flexibility index (Phi) is 3.02. The molecule has 4 atom stereocenters. The number of carbonyl (C=O) groups is 1. The smallest absolute Gasteiger partial charge is 0.267 e. The van der Waals surface area contributed by atoms with Crippen molar-refractivity contribution in [2.75, 3.05) is 0 Å². The molecule has 20 heavy (non-hydrogen) atoms. The maximum absolute atomic E-state index is 12.5. The van der Waals surface area contributed by atoms with E-state index in [1.165, 1.54) is 6.42 Å². The second kappa shape index (κ2) is 4.30. The number of carbonyl (C=O) groups excluding carboxylic acids is 1. The van der Waals surface area contributed by atoms with Crippen LogP contribution in [-0.4, -0.2) is 28.1 Å². The van der Waals surface area contributed by atoms with Gasteiger partial charge in [-0.2, -0.15) is 0 Å². The summed E-state index contributed by atoms with van der Waals surface area (Å²) in [4.78, 5) is 14.2. The van der Waals surface area contributed by atoms with Gasteiger partial charge in [0, 0.05) is 5.92 Å². The molecule has 0 aromatic carbocycles. The normalized spacial score (nSPS) is 41.3. The molecular formula is C16H23NO2S. The van der Waals surface area contributed by atoms with Crippen LogP contribution in [0.2, 0.25) is 0 Å². The van der Waals surface area contributed by atoms with Crippen LogP contribution in [0.25, 0.3) is 0 Å².